The Morgan fingerprint density at radius 2 is 1.90 bits per heavy atom. The lowest BCUT2D eigenvalue weighted by Crippen LogP contribution is -2.40. The van der Waals surface area contributed by atoms with Crippen molar-refractivity contribution in [1.82, 2.24) is 10.2 Å². The van der Waals surface area contributed by atoms with Crippen LogP contribution in [-0.2, 0) is 17.8 Å². The minimum Gasteiger partial charge on any atom is -0.371 e. The number of fused-ring (bicyclic) bond motifs is 1. The van der Waals surface area contributed by atoms with Crippen molar-refractivity contribution in [3.63, 3.8) is 0 Å². The summed E-state index contributed by atoms with van der Waals surface area (Å²) in [6, 6.07) is 16.7. The van der Waals surface area contributed by atoms with Gasteiger partial charge in [0, 0.05) is 42.8 Å². The molecule has 0 saturated carbocycles. The zero-order valence-corrected chi connectivity index (χ0v) is 17.7. The Hall–Kier alpha value is -2.04. The van der Waals surface area contributed by atoms with Gasteiger partial charge < -0.3 is 10.2 Å². The number of hydrogen-bond acceptors (Lipinski definition) is 3. The van der Waals surface area contributed by atoms with E-state index in [2.05, 4.69) is 45.4 Å². The van der Waals surface area contributed by atoms with Crippen molar-refractivity contribution in [2.75, 3.05) is 37.6 Å². The molecule has 0 atom stereocenters. The predicted octanol–water partition coefficient (Wildman–Crippen LogP) is 4.12. The summed E-state index contributed by atoms with van der Waals surface area (Å²) in [4.78, 5) is 17.4. The number of nitrogens with zero attached hydrogens (tertiary/aromatic N) is 2. The number of hydrogen-bond donors (Lipinski definition) is 1. The third-order valence-corrected chi connectivity index (χ3v) is 6.38. The molecule has 1 fully saturated rings. The van der Waals surface area contributed by atoms with Gasteiger partial charge in [-0.15, -0.1) is 0 Å². The second kappa shape index (κ2) is 9.64. The zero-order chi connectivity index (χ0) is 20.1. The SMILES string of the molecule is O=C(NCCCN1CCc2ccccc21)C1CCN(Cc2cccc(Cl)c2)CC1. The highest BCUT2D eigenvalue weighted by atomic mass is 35.5. The van der Waals surface area contributed by atoms with Crippen molar-refractivity contribution in [2.24, 2.45) is 5.92 Å². The Bertz CT molecular complexity index is 832. The number of halogens is 1. The van der Waals surface area contributed by atoms with Crippen molar-refractivity contribution in [2.45, 2.75) is 32.2 Å². The van der Waals surface area contributed by atoms with E-state index in [-0.39, 0.29) is 11.8 Å². The van der Waals surface area contributed by atoms with Gasteiger partial charge in [0.1, 0.15) is 0 Å². The molecule has 0 bridgehead atoms. The van der Waals surface area contributed by atoms with Crippen LogP contribution in [0.1, 0.15) is 30.4 Å². The number of carbonyl (C=O) groups excluding carboxylic acids is 1. The van der Waals surface area contributed by atoms with Crippen LogP contribution in [0.2, 0.25) is 5.02 Å². The number of piperidine rings is 1. The second-order valence-corrected chi connectivity index (χ2v) is 8.63. The van der Waals surface area contributed by atoms with Crippen molar-refractivity contribution >= 4 is 23.2 Å². The van der Waals surface area contributed by atoms with Crippen molar-refractivity contribution in [1.29, 1.82) is 0 Å². The van der Waals surface area contributed by atoms with Gasteiger partial charge in [0.05, 0.1) is 0 Å². The summed E-state index contributed by atoms with van der Waals surface area (Å²) in [5, 5.41) is 3.96. The average molecular weight is 412 g/mol. The maximum absolute atomic E-state index is 12.5. The molecule has 1 saturated heterocycles. The summed E-state index contributed by atoms with van der Waals surface area (Å²) in [6.07, 6.45) is 4.00. The normalized spacial score (nSPS) is 17.3. The van der Waals surface area contributed by atoms with E-state index in [0.29, 0.717) is 0 Å². The molecule has 0 radical (unpaired) electrons. The lowest BCUT2D eigenvalue weighted by atomic mass is 9.95. The lowest BCUT2D eigenvalue weighted by Gasteiger charge is -2.31. The fraction of sp³-hybridized carbons (Fsp3) is 0.458. The number of anilines is 1. The van der Waals surface area contributed by atoms with E-state index < -0.39 is 0 Å². The van der Waals surface area contributed by atoms with Gasteiger partial charge in [-0.3, -0.25) is 9.69 Å². The van der Waals surface area contributed by atoms with E-state index in [0.717, 1.165) is 70.0 Å². The summed E-state index contributed by atoms with van der Waals surface area (Å²) in [5.74, 6) is 0.382. The Labute approximate surface area is 178 Å². The Balaban J connectivity index is 1.14. The summed E-state index contributed by atoms with van der Waals surface area (Å²) in [7, 11) is 0. The van der Waals surface area contributed by atoms with E-state index in [4.69, 9.17) is 11.6 Å². The first-order chi connectivity index (χ1) is 14.2. The molecule has 2 heterocycles. The number of likely N-dealkylation sites (tertiary alicyclic amines) is 1. The van der Waals surface area contributed by atoms with Gasteiger partial charge in [-0.1, -0.05) is 41.9 Å². The fourth-order valence-corrected chi connectivity index (χ4v) is 4.72. The lowest BCUT2D eigenvalue weighted by molar-refractivity contribution is -0.126. The maximum atomic E-state index is 12.5. The van der Waals surface area contributed by atoms with Gasteiger partial charge in [0.25, 0.3) is 0 Å². The highest BCUT2D eigenvalue weighted by Crippen LogP contribution is 2.27. The third-order valence-electron chi connectivity index (χ3n) is 6.14. The molecule has 1 N–H and O–H groups in total. The molecule has 1 amide bonds. The monoisotopic (exact) mass is 411 g/mol. The van der Waals surface area contributed by atoms with Crippen LogP contribution in [0, 0.1) is 5.92 Å². The van der Waals surface area contributed by atoms with E-state index in [1.165, 1.54) is 16.8 Å². The van der Waals surface area contributed by atoms with Crippen LogP contribution >= 0.6 is 11.6 Å². The number of rotatable bonds is 7. The number of benzene rings is 2. The van der Waals surface area contributed by atoms with E-state index in [1.807, 2.05) is 18.2 Å². The van der Waals surface area contributed by atoms with Gasteiger partial charge in [-0.05, 0) is 68.1 Å². The minimum absolute atomic E-state index is 0.151. The van der Waals surface area contributed by atoms with Crippen LogP contribution in [0.15, 0.2) is 48.5 Å². The van der Waals surface area contributed by atoms with Gasteiger partial charge in [-0.25, -0.2) is 0 Å². The molecule has 29 heavy (non-hydrogen) atoms. The molecule has 2 aromatic rings. The van der Waals surface area contributed by atoms with Crippen LogP contribution in [-0.4, -0.2) is 43.5 Å². The molecular formula is C24H30ClN3O. The summed E-state index contributed by atoms with van der Waals surface area (Å²) in [6.45, 7) is 5.71. The molecular weight excluding hydrogens is 382 g/mol. The van der Waals surface area contributed by atoms with Crippen LogP contribution in [0.3, 0.4) is 0 Å². The van der Waals surface area contributed by atoms with Crippen molar-refractivity contribution < 1.29 is 4.79 Å². The summed E-state index contributed by atoms with van der Waals surface area (Å²) >= 11 is 6.08. The van der Waals surface area contributed by atoms with E-state index >= 15 is 0 Å². The number of amides is 1. The van der Waals surface area contributed by atoms with Gasteiger partial charge in [-0.2, -0.15) is 0 Å². The first kappa shape index (κ1) is 20.2. The molecule has 0 aromatic heterocycles. The first-order valence-electron chi connectivity index (χ1n) is 10.8. The Morgan fingerprint density at radius 3 is 2.72 bits per heavy atom. The predicted molar refractivity (Wildman–Crippen MR) is 119 cm³/mol. The van der Waals surface area contributed by atoms with Crippen LogP contribution in [0.4, 0.5) is 5.69 Å². The second-order valence-electron chi connectivity index (χ2n) is 8.19. The Kier molecular flexibility index (Phi) is 6.73. The van der Waals surface area contributed by atoms with Crippen LogP contribution < -0.4 is 10.2 Å². The average Bonchev–Trinajstić information content (AvgIpc) is 3.15. The number of para-hydroxylation sites is 1. The third kappa shape index (κ3) is 5.31. The first-order valence-corrected chi connectivity index (χ1v) is 11.1. The Morgan fingerprint density at radius 1 is 1.07 bits per heavy atom. The molecule has 2 aromatic carbocycles. The molecule has 4 nitrogen and oxygen atoms in total. The molecule has 2 aliphatic heterocycles. The fourth-order valence-electron chi connectivity index (χ4n) is 4.51. The molecule has 154 valence electrons. The smallest absolute Gasteiger partial charge is 0.223 e. The van der Waals surface area contributed by atoms with E-state index in [9.17, 15) is 4.79 Å². The topological polar surface area (TPSA) is 35.6 Å². The van der Waals surface area contributed by atoms with E-state index in [1.54, 1.807) is 0 Å². The largest absolute Gasteiger partial charge is 0.371 e. The summed E-state index contributed by atoms with van der Waals surface area (Å²) < 4.78 is 0. The quantitative estimate of drug-likeness (QED) is 0.696. The molecule has 0 aliphatic carbocycles. The molecule has 5 heteroatoms. The molecule has 0 spiro atoms. The van der Waals surface area contributed by atoms with Crippen molar-refractivity contribution in [3.8, 4) is 0 Å². The minimum atomic E-state index is 0.151. The van der Waals surface area contributed by atoms with Gasteiger partial charge in [0.15, 0.2) is 0 Å². The van der Waals surface area contributed by atoms with Crippen LogP contribution in [0.25, 0.3) is 0 Å². The van der Waals surface area contributed by atoms with Crippen molar-refractivity contribution in [3.05, 3.63) is 64.7 Å². The van der Waals surface area contributed by atoms with Gasteiger partial charge in [0.2, 0.25) is 5.91 Å². The number of nitrogens with one attached hydrogen (secondary N) is 1. The summed E-state index contributed by atoms with van der Waals surface area (Å²) in [5.41, 5.74) is 4.05. The molecule has 2 aliphatic rings. The highest BCUT2D eigenvalue weighted by Gasteiger charge is 2.25. The number of carbonyl (C=O) groups is 1. The van der Waals surface area contributed by atoms with Gasteiger partial charge >= 0.3 is 0 Å². The zero-order valence-electron chi connectivity index (χ0n) is 16.9. The standard InChI is InChI=1S/C24H30ClN3O/c25-22-7-3-5-19(17-22)18-27-14-9-21(10-15-27)24(29)26-12-4-13-28-16-11-20-6-1-2-8-23(20)28/h1-3,5-8,17,21H,4,9-16,18H2,(H,26,29). The highest BCUT2D eigenvalue weighted by molar-refractivity contribution is 6.30. The molecule has 0 unspecified atom stereocenters. The molecule has 4 rings (SSSR count). The maximum Gasteiger partial charge on any atom is 0.223 e. The van der Waals surface area contributed by atoms with Crippen LogP contribution in [0.5, 0.6) is 0 Å².